The molecule has 0 saturated carbocycles. The lowest BCUT2D eigenvalue weighted by Gasteiger charge is -2.33. The summed E-state index contributed by atoms with van der Waals surface area (Å²) in [7, 11) is 0. The first-order valence-corrected chi connectivity index (χ1v) is 13.5. The third kappa shape index (κ3) is 4.62. The van der Waals surface area contributed by atoms with Gasteiger partial charge in [-0.3, -0.25) is 9.59 Å². The zero-order valence-corrected chi connectivity index (χ0v) is 21.4. The molecule has 2 aromatic rings. The quantitative estimate of drug-likeness (QED) is 0.646. The molecule has 8 heteroatoms. The number of nitrogens with one attached hydrogen (secondary N) is 1. The summed E-state index contributed by atoms with van der Waals surface area (Å²) in [5.74, 6) is 0.810. The van der Waals surface area contributed by atoms with Crippen molar-refractivity contribution in [3.63, 3.8) is 0 Å². The standard InChI is InChI=1S/C29H36N4O4/c1-2-31-9-10-32(16-27(34)25-11-19-5-3-4-6-21(19)13-30-25)29(36)24-8-7-20(12-26(24)31)28(35)33-14-22-17-37-18-23(22)15-33/h3-8,12,22-23,25,27,30,34H,2,9-11,13-18H2,1H3/t22?,23?,25-,27+/m0/s1. The molecular formula is C29H36N4O4. The maximum atomic E-state index is 13.6. The predicted octanol–water partition coefficient (Wildman–Crippen LogP) is 1.76. The van der Waals surface area contributed by atoms with Gasteiger partial charge in [0.15, 0.2) is 0 Å². The highest BCUT2D eigenvalue weighted by atomic mass is 16.5. The smallest absolute Gasteiger partial charge is 0.256 e. The molecule has 2 fully saturated rings. The van der Waals surface area contributed by atoms with Crippen LogP contribution in [0.1, 0.15) is 38.8 Å². The van der Waals surface area contributed by atoms with Gasteiger partial charge in [0.25, 0.3) is 11.8 Å². The topological polar surface area (TPSA) is 85.3 Å². The van der Waals surface area contributed by atoms with Crippen molar-refractivity contribution in [2.75, 3.05) is 57.4 Å². The number of benzene rings is 2. The maximum Gasteiger partial charge on any atom is 0.256 e. The van der Waals surface area contributed by atoms with Gasteiger partial charge in [-0.05, 0) is 42.7 Å². The number of aliphatic hydroxyl groups excluding tert-OH is 1. The molecular weight excluding hydrogens is 468 g/mol. The van der Waals surface area contributed by atoms with Crippen LogP contribution in [0.2, 0.25) is 0 Å². The van der Waals surface area contributed by atoms with Crippen LogP contribution in [0.4, 0.5) is 5.69 Å². The lowest BCUT2D eigenvalue weighted by molar-refractivity contribution is 0.0540. The Bertz CT molecular complexity index is 1170. The molecule has 0 spiro atoms. The normalized spacial score (nSPS) is 25.9. The second-order valence-electron chi connectivity index (χ2n) is 10.9. The number of hydrogen-bond donors (Lipinski definition) is 2. The highest BCUT2D eigenvalue weighted by Crippen LogP contribution is 2.32. The van der Waals surface area contributed by atoms with Crippen molar-refractivity contribution < 1.29 is 19.4 Å². The van der Waals surface area contributed by atoms with E-state index in [-0.39, 0.29) is 24.4 Å². The molecule has 37 heavy (non-hydrogen) atoms. The Morgan fingerprint density at radius 3 is 2.57 bits per heavy atom. The third-order valence-corrected chi connectivity index (χ3v) is 8.64. The molecule has 2 aromatic carbocycles. The number of likely N-dealkylation sites (tertiary alicyclic amines) is 1. The van der Waals surface area contributed by atoms with Gasteiger partial charge in [0.05, 0.1) is 30.6 Å². The summed E-state index contributed by atoms with van der Waals surface area (Å²) in [4.78, 5) is 32.8. The number of β-amino-alcohol motifs (C(OH)–C–C–N with tert-alkyl or cyclic N) is 1. The first-order chi connectivity index (χ1) is 18.0. The molecule has 0 aromatic heterocycles. The number of carbonyl (C=O) groups excluding carboxylic acids is 2. The van der Waals surface area contributed by atoms with Crippen molar-refractivity contribution in [1.29, 1.82) is 0 Å². The molecule has 4 aliphatic rings. The number of anilines is 1. The fourth-order valence-electron chi connectivity index (χ4n) is 6.38. The van der Waals surface area contributed by atoms with E-state index >= 15 is 0 Å². The van der Waals surface area contributed by atoms with Crippen molar-refractivity contribution in [1.82, 2.24) is 15.1 Å². The van der Waals surface area contributed by atoms with Crippen molar-refractivity contribution in [2.45, 2.75) is 32.0 Å². The minimum absolute atomic E-state index is 0.0286. The Morgan fingerprint density at radius 1 is 1.08 bits per heavy atom. The number of aliphatic hydroxyl groups is 1. The minimum atomic E-state index is -0.673. The highest BCUT2D eigenvalue weighted by Gasteiger charge is 2.39. The number of ether oxygens (including phenoxy) is 1. The summed E-state index contributed by atoms with van der Waals surface area (Å²) >= 11 is 0. The van der Waals surface area contributed by atoms with Gasteiger partial charge in [-0.25, -0.2) is 0 Å². The van der Waals surface area contributed by atoms with E-state index in [1.807, 2.05) is 23.1 Å². The summed E-state index contributed by atoms with van der Waals surface area (Å²) in [6.45, 7) is 7.94. The van der Waals surface area contributed by atoms with Crippen molar-refractivity contribution in [3.8, 4) is 0 Å². The minimum Gasteiger partial charge on any atom is -0.390 e. The zero-order chi connectivity index (χ0) is 25.5. The Kier molecular flexibility index (Phi) is 6.65. The molecule has 2 unspecified atom stereocenters. The van der Waals surface area contributed by atoms with E-state index in [1.165, 1.54) is 11.1 Å². The van der Waals surface area contributed by atoms with E-state index in [0.717, 1.165) is 51.5 Å². The first kappa shape index (κ1) is 24.4. The van der Waals surface area contributed by atoms with Crippen molar-refractivity contribution >= 4 is 17.5 Å². The third-order valence-electron chi connectivity index (χ3n) is 8.64. The van der Waals surface area contributed by atoms with Crippen LogP contribution in [0.5, 0.6) is 0 Å². The van der Waals surface area contributed by atoms with Gasteiger partial charge in [0, 0.05) is 69.3 Å². The van der Waals surface area contributed by atoms with Crippen LogP contribution >= 0.6 is 0 Å². The van der Waals surface area contributed by atoms with Gasteiger partial charge in [-0.2, -0.15) is 0 Å². The van der Waals surface area contributed by atoms with Crippen LogP contribution < -0.4 is 10.2 Å². The molecule has 2 N–H and O–H groups in total. The van der Waals surface area contributed by atoms with Crippen LogP contribution in [-0.4, -0.2) is 91.3 Å². The number of amides is 2. The average molecular weight is 505 g/mol. The first-order valence-electron chi connectivity index (χ1n) is 13.5. The van der Waals surface area contributed by atoms with E-state index in [4.69, 9.17) is 4.74 Å². The monoisotopic (exact) mass is 504 g/mol. The van der Waals surface area contributed by atoms with Gasteiger partial charge < -0.3 is 29.9 Å². The van der Waals surface area contributed by atoms with Crippen LogP contribution in [0, 0.1) is 11.8 Å². The number of carbonyl (C=O) groups is 2. The Morgan fingerprint density at radius 2 is 1.81 bits per heavy atom. The average Bonchev–Trinajstić information content (AvgIpc) is 3.51. The predicted molar refractivity (Wildman–Crippen MR) is 141 cm³/mol. The summed E-state index contributed by atoms with van der Waals surface area (Å²) in [6, 6.07) is 13.7. The summed E-state index contributed by atoms with van der Waals surface area (Å²) in [5.41, 5.74) is 4.55. The Labute approximate surface area is 218 Å². The molecule has 0 radical (unpaired) electrons. The lowest BCUT2D eigenvalue weighted by atomic mass is 9.92. The molecule has 6 rings (SSSR count). The molecule has 4 heterocycles. The highest BCUT2D eigenvalue weighted by molar-refractivity contribution is 6.03. The van der Waals surface area contributed by atoms with E-state index in [0.29, 0.717) is 36.1 Å². The van der Waals surface area contributed by atoms with Gasteiger partial charge in [0.1, 0.15) is 0 Å². The van der Waals surface area contributed by atoms with Crippen molar-refractivity contribution in [2.24, 2.45) is 11.8 Å². The van der Waals surface area contributed by atoms with Gasteiger partial charge in [-0.15, -0.1) is 0 Å². The molecule has 0 aliphatic carbocycles. The summed E-state index contributed by atoms with van der Waals surface area (Å²) in [5, 5.41) is 14.6. The molecule has 4 atom stereocenters. The number of nitrogens with zero attached hydrogens (tertiary/aromatic N) is 3. The Balaban J connectivity index is 1.18. The van der Waals surface area contributed by atoms with Crippen LogP contribution in [0.3, 0.4) is 0 Å². The molecule has 196 valence electrons. The largest absolute Gasteiger partial charge is 0.390 e. The second kappa shape index (κ2) is 10.1. The van der Waals surface area contributed by atoms with Crippen LogP contribution in [-0.2, 0) is 17.7 Å². The summed E-state index contributed by atoms with van der Waals surface area (Å²) < 4.78 is 5.56. The molecule has 2 saturated heterocycles. The van der Waals surface area contributed by atoms with E-state index in [2.05, 4.69) is 29.3 Å². The van der Waals surface area contributed by atoms with Gasteiger partial charge in [-0.1, -0.05) is 24.3 Å². The van der Waals surface area contributed by atoms with E-state index < -0.39 is 6.10 Å². The molecule has 2 amide bonds. The molecule has 0 bridgehead atoms. The number of rotatable bonds is 5. The number of likely N-dealkylation sites (N-methyl/N-ethyl adjacent to an activating group) is 1. The maximum absolute atomic E-state index is 13.6. The fourth-order valence-corrected chi connectivity index (χ4v) is 6.38. The SMILES string of the molecule is CCN1CCN(C[C@@H](O)[C@@H]2Cc3ccccc3CN2)C(=O)c2ccc(C(=O)N3CC4COCC4C3)cc21. The second-order valence-corrected chi connectivity index (χ2v) is 10.9. The van der Waals surface area contributed by atoms with Crippen molar-refractivity contribution in [3.05, 3.63) is 64.7 Å². The molecule has 8 nitrogen and oxygen atoms in total. The molecule has 4 aliphatic heterocycles. The van der Waals surface area contributed by atoms with Crippen LogP contribution in [0.15, 0.2) is 42.5 Å². The lowest BCUT2D eigenvalue weighted by Crippen LogP contribution is -2.50. The van der Waals surface area contributed by atoms with E-state index in [9.17, 15) is 14.7 Å². The van der Waals surface area contributed by atoms with Crippen LogP contribution in [0.25, 0.3) is 0 Å². The Hall–Kier alpha value is -2.94. The summed E-state index contributed by atoms with van der Waals surface area (Å²) in [6.07, 6.45) is 0.0701. The number of hydrogen-bond acceptors (Lipinski definition) is 6. The van der Waals surface area contributed by atoms with Gasteiger partial charge >= 0.3 is 0 Å². The fraction of sp³-hybridized carbons (Fsp3) is 0.517. The zero-order valence-electron chi connectivity index (χ0n) is 21.4. The number of fused-ring (bicyclic) bond motifs is 3. The van der Waals surface area contributed by atoms with E-state index in [1.54, 1.807) is 17.0 Å². The van der Waals surface area contributed by atoms with Gasteiger partial charge in [0.2, 0.25) is 0 Å².